The third-order valence-corrected chi connectivity index (χ3v) is 3.11. The predicted molar refractivity (Wildman–Crippen MR) is 86.3 cm³/mol. The first-order valence-corrected chi connectivity index (χ1v) is 7.61. The zero-order valence-electron chi connectivity index (χ0n) is 12.5. The van der Waals surface area contributed by atoms with Gasteiger partial charge in [-0.3, -0.25) is 9.59 Å². The molecule has 0 saturated carbocycles. The quantitative estimate of drug-likeness (QED) is 0.695. The summed E-state index contributed by atoms with van der Waals surface area (Å²) in [6, 6.07) is 1.69. The van der Waals surface area contributed by atoms with E-state index in [1.165, 1.54) is 0 Å². The number of halogens is 1. The number of rotatable bonds is 7. The highest BCUT2D eigenvalue weighted by Gasteiger charge is 2.12. The average molecular weight is 357 g/mol. The Morgan fingerprint density at radius 2 is 2.05 bits per heavy atom. The number of aromatic nitrogens is 1. The second-order valence-electron chi connectivity index (χ2n) is 5.00. The fourth-order valence-corrected chi connectivity index (χ4v) is 1.93. The van der Waals surface area contributed by atoms with Crippen molar-refractivity contribution in [3.63, 3.8) is 0 Å². The van der Waals surface area contributed by atoms with Crippen LogP contribution in [-0.4, -0.2) is 36.9 Å². The van der Waals surface area contributed by atoms with Crippen LogP contribution in [0.5, 0.6) is 0 Å². The number of carbonyl (C=O) groups excluding carboxylic acids is 2. The van der Waals surface area contributed by atoms with Crippen molar-refractivity contribution < 1.29 is 9.59 Å². The van der Waals surface area contributed by atoms with Crippen molar-refractivity contribution in [2.75, 3.05) is 25.5 Å². The molecule has 0 aliphatic heterocycles. The highest BCUT2D eigenvalue weighted by Crippen LogP contribution is 2.17. The van der Waals surface area contributed by atoms with E-state index in [1.807, 2.05) is 13.8 Å². The molecule has 0 saturated heterocycles. The van der Waals surface area contributed by atoms with Gasteiger partial charge in [-0.25, -0.2) is 4.98 Å². The van der Waals surface area contributed by atoms with E-state index < -0.39 is 0 Å². The second-order valence-corrected chi connectivity index (χ2v) is 5.92. The highest BCUT2D eigenvalue weighted by molar-refractivity contribution is 9.10. The highest BCUT2D eigenvalue weighted by atomic mass is 79.9. The van der Waals surface area contributed by atoms with Crippen molar-refractivity contribution in [2.24, 2.45) is 5.92 Å². The van der Waals surface area contributed by atoms with Crippen LogP contribution in [0.4, 0.5) is 5.82 Å². The van der Waals surface area contributed by atoms with Gasteiger partial charge in [-0.1, -0.05) is 13.8 Å². The van der Waals surface area contributed by atoms with Gasteiger partial charge in [-0.05, 0) is 27.9 Å². The predicted octanol–water partition coefficient (Wildman–Crippen LogP) is 1.78. The molecule has 1 heterocycles. The lowest BCUT2D eigenvalue weighted by molar-refractivity contribution is -0.121. The maximum Gasteiger partial charge on any atom is 0.255 e. The van der Waals surface area contributed by atoms with E-state index in [1.54, 1.807) is 19.3 Å². The maximum absolute atomic E-state index is 12.1. The van der Waals surface area contributed by atoms with Crippen LogP contribution in [-0.2, 0) is 4.79 Å². The molecule has 7 heteroatoms. The number of amides is 2. The summed E-state index contributed by atoms with van der Waals surface area (Å²) in [5.74, 6) is 0.587. The average Bonchev–Trinajstić information content (AvgIpc) is 2.44. The number of hydrogen-bond acceptors (Lipinski definition) is 4. The van der Waals surface area contributed by atoms with Crippen LogP contribution in [0.2, 0.25) is 0 Å². The van der Waals surface area contributed by atoms with Gasteiger partial charge in [0.05, 0.1) is 5.56 Å². The van der Waals surface area contributed by atoms with Gasteiger partial charge < -0.3 is 16.0 Å². The minimum Gasteiger partial charge on any atom is -0.372 e. The van der Waals surface area contributed by atoms with Crippen molar-refractivity contribution in [3.05, 3.63) is 22.3 Å². The van der Waals surface area contributed by atoms with Crippen LogP contribution in [0.3, 0.4) is 0 Å². The van der Waals surface area contributed by atoms with Gasteiger partial charge in [0.1, 0.15) is 5.82 Å². The summed E-state index contributed by atoms with van der Waals surface area (Å²) >= 11 is 3.28. The molecule has 0 aromatic carbocycles. The number of pyridine rings is 1. The van der Waals surface area contributed by atoms with Gasteiger partial charge in [0.15, 0.2) is 0 Å². The Balaban J connectivity index is 2.47. The normalized spacial score (nSPS) is 10.3. The van der Waals surface area contributed by atoms with Crippen LogP contribution in [0.1, 0.15) is 30.6 Å². The molecular weight excluding hydrogens is 336 g/mol. The summed E-state index contributed by atoms with van der Waals surface area (Å²) in [6.07, 6.45) is 1.87. The molecule has 1 rings (SSSR count). The Morgan fingerprint density at radius 3 is 2.67 bits per heavy atom. The Hall–Kier alpha value is -1.63. The molecule has 0 radical (unpaired) electrons. The lowest BCUT2D eigenvalue weighted by atomic mass is 10.2. The largest absolute Gasteiger partial charge is 0.372 e. The van der Waals surface area contributed by atoms with E-state index in [0.29, 0.717) is 30.4 Å². The topological polar surface area (TPSA) is 83.1 Å². The zero-order chi connectivity index (χ0) is 15.8. The smallest absolute Gasteiger partial charge is 0.255 e. The van der Waals surface area contributed by atoms with Crippen molar-refractivity contribution in [1.29, 1.82) is 0 Å². The van der Waals surface area contributed by atoms with Crippen molar-refractivity contribution in [3.8, 4) is 0 Å². The Kier molecular flexibility index (Phi) is 7.14. The van der Waals surface area contributed by atoms with Crippen LogP contribution in [0.25, 0.3) is 0 Å². The lowest BCUT2D eigenvalue weighted by Gasteiger charge is -2.10. The minimum absolute atomic E-state index is 0.0646. The first kappa shape index (κ1) is 17.4. The van der Waals surface area contributed by atoms with Gasteiger partial charge in [0.2, 0.25) is 5.91 Å². The summed E-state index contributed by atoms with van der Waals surface area (Å²) in [6.45, 7) is 4.99. The molecule has 0 unspecified atom stereocenters. The monoisotopic (exact) mass is 356 g/mol. The molecule has 1 aromatic heterocycles. The number of anilines is 1. The Bertz CT molecular complexity index is 506. The first-order valence-electron chi connectivity index (χ1n) is 6.82. The molecule has 0 atom stereocenters. The molecule has 0 aliphatic rings. The van der Waals surface area contributed by atoms with Gasteiger partial charge in [-0.2, -0.15) is 0 Å². The van der Waals surface area contributed by atoms with Crippen LogP contribution in [0.15, 0.2) is 16.7 Å². The molecule has 21 heavy (non-hydrogen) atoms. The first-order chi connectivity index (χ1) is 9.93. The number of hydrogen-bond donors (Lipinski definition) is 3. The second kappa shape index (κ2) is 8.61. The van der Waals surface area contributed by atoms with E-state index in [4.69, 9.17) is 0 Å². The van der Waals surface area contributed by atoms with Crippen molar-refractivity contribution in [1.82, 2.24) is 15.6 Å². The van der Waals surface area contributed by atoms with Crippen LogP contribution < -0.4 is 16.0 Å². The standard InChI is InChI=1S/C14H21BrN4O2/c1-9(2)7-18-12(20)4-5-17-14(21)11-6-10(15)8-19-13(11)16-3/h6,8-9H,4-5,7H2,1-3H3,(H,16,19)(H,17,21)(H,18,20). The van der Waals surface area contributed by atoms with Gasteiger partial charge in [0, 0.05) is 37.2 Å². The van der Waals surface area contributed by atoms with E-state index in [9.17, 15) is 9.59 Å². The third kappa shape index (κ3) is 6.12. The summed E-state index contributed by atoms with van der Waals surface area (Å²) in [5.41, 5.74) is 0.439. The summed E-state index contributed by atoms with van der Waals surface area (Å²) in [4.78, 5) is 27.7. The Morgan fingerprint density at radius 1 is 1.33 bits per heavy atom. The van der Waals surface area contributed by atoms with E-state index in [0.717, 1.165) is 4.47 Å². The molecule has 116 valence electrons. The van der Waals surface area contributed by atoms with Gasteiger partial charge in [0.25, 0.3) is 5.91 Å². The zero-order valence-corrected chi connectivity index (χ0v) is 14.1. The van der Waals surface area contributed by atoms with E-state index in [-0.39, 0.29) is 18.2 Å². The number of carbonyl (C=O) groups is 2. The number of nitrogens with one attached hydrogen (secondary N) is 3. The third-order valence-electron chi connectivity index (χ3n) is 2.68. The molecule has 0 fully saturated rings. The molecule has 0 spiro atoms. The minimum atomic E-state index is -0.259. The molecule has 0 bridgehead atoms. The van der Waals surface area contributed by atoms with E-state index in [2.05, 4.69) is 36.9 Å². The van der Waals surface area contributed by atoms with Crippen LogP contribution in [0, 0.1) is 5.92 Å². The fraction of sp³-hybridized carbons (Fsp3) is 0.500. The van der Waals surface area contributed by atoms with E-state index >= 15 is 0 Å². The maximum atomic E-state index is 12.1. The lowest BCUT2D eigenvalue weighted by Crippen LogP contribution is -2.32. The van der Waals surface area contributed by atoms with Crippen molar-refractivity contribution in [2.45, 2.75) is 20.3 Å². The SMILES string of the molecule is CNc1ncc(Br)cc1C(=O)NCCC(=O)NCC(C)C. The Labute approximate surface area is 133 Å². The summed E-state index contributed by atoms with van der Waals surface area (Å²) < 4.78 is 0.723. The summed E-state index contributed by atoms with van der Waals surface area (Å²) in [7, 11) is 1.70. The van der Waals surface area contributed by atoms with Gasteiger partial charge >= 0.3 is 0 Å². The molecule has 2 amide bonds. The molecule has 6 nitrogen and oxygen atoms in total. The molecule has 1 aromatic rings. The number of nitrogens with zero attached hydrogens (tertiary/aromatic N) is 1. The molecule has 0 aliphatic carbocycles. The summed E-state index contributed by atoms with van der Waals surface area (Å²) in [5, 5.41) is 8.39. The molecule has 3 N–H and O–H groups in total. The van der Waals surface area contributed by atoms with Gasteiger partial charge in [-0.15, -0.1) is 0 Å². The van der Waals surface area contributed by atoms with Crippen molar-refractivity contribution >= 4 is 33.6 Å². The molecular formula is C14H21BrN4O2. The van der Waals surface area contributed by atoms with Crippen LogP contribution >= 0.6 is 15.9 Å². The fourth-order valence-electron chi connectivity index (χ4n) is 1.60.